The highest BCUT2D eigenvalue weighted by Gasteiger charge is 2.14. The van der Waals surface area contributed by atoms with Crippen molar-refractivity contribution in [2.45, 2.75) is 19.4 Å². The highest BCUT2D eigenvalue weighted by Crippen LogP contribution is 2.23. The van der Waals surface area contributed by atoms with E-state index in [0.29, 0.717) is 11.1 Å². The maximum Gasteiger partial charge on any atom is 0.131 e. The Morgan fingerprint density at radius 3 is 2.56 bits per heavy atom. The molecule has 1 nitrogen and oxygen atoms in total. The lowest BCUT2D eigenvalue weighted by Crippen LogP contribution is -2.05. The minimum atomic E-state index is -0.966. The molecule has 0 aromatic heterocycles. The summed E-state index contributed by atoms with van der Waals surface area (Å²) in [5.41, 5.74) is 1.38. The second kappa shape index (κ2) is 5.27. The van der Waals surface area contributed by atoms with Gasteiger partial charge in [0.2, 0.25) is 0 Å². The van der Waals surface area contributed by atoms with Gasteiger partial charge in [0.25, 0.3) is 0 Å². The lowest BCUT2D eigenvalue weighted by molar-refractivity contribution is 0.173. The average Bonchev–Trinajstić information content (AvgIpc) is 2.32. The lowest BCUT2D eigenvalue weighted by Gasteiger charge is -2.13. The van der Waals surface area contributed by atoms with Gasteiger partial charge in [0.1, 0.15) is 11.6 Å². The maximum atomic E-state index is 13.8. The number of aliphatic hydroxyl groups is 1. The van der Waals surface area contributed by atoms with Crippen LogP contribution >= 0.6 is 0 Å². The maximum absolute atomic E-state index is 13.8. The number of aliphatic hydroxyl groups excluding tert-OH is 1. The zero-order valence-corrected chi connectivity index (χ0v) is 10.0. The highest BCUT2D eigenvalue weighted by atomic mass is 19.1. The quantitative estimate of drug-likeness (QED) is 0.880. The average molecular weight is 248 g/mol. The van der Waals surface area contributed by atoms with Gasteiger partial charge in [0.05, 0.1) is 6.10 Å². The molecule has 0 aliphatic rings. The zero-order valence-electron chi connectivity index (χ0n) is 10.0. The number of benzene rings is 2. The van der Waals surface area contributed by atoms with Crippen LogP contribution in [-0.2, 0) is 6.42 Å². The molecule has 0 bridgehead atoms. The van der Waals surface area contributed by atoms with Gasteiger partial charge >= 0.3 is 0 Å². The third-order valence-corrected chi connectivity index (χ3v) is 2.90. The summed E-state index contributed by atoms with van der Waals surface area (Å²) in [5, 5.41) is 10.0. The predicted molar refractivity (Wildman–Crippen MR) is 66.2 cm³/mol. The van der Waals surface area contributed by atoms with E-state index >= 15 is 0 Å². The molecule has 3 heteroatoms. The summed E-state index contributed by atoms with van der Waals surface area (Å²) < 4.78 is 26.8. The molecule has 0 saturated heterocycles. The summed E-state index contributed by atoms with van der Waals surface area (Å²) in [5.74, 6) is -0.759. The number of hydrogen-bond acceptors (Lipinski definition) is 1. The van der Waals surface area contributed by atoms with Crippen LogP contribution in [0.1, 0.15) is 22.8 Å². The van der Waals surface area contributed by atoms with Gasteiger partial charge in [-0.05, 0) is 30.2 Å². The molecule has 0 spiro atoms. The van der Waals surface area contributed by atoms with Gasteiger partial charge in [-0.3, -0.25) is 0 Å². The largest absolute Gasteiger partial charge is 0.388 e. The molecule has 1 N–H and O–H groups in total. The summed E-state index contributed by atoms with van der Waals surface area (Å²) >= 11 is 0. The molecule has 0 aliphatic heterocycles. The van der Waals surface area contributed by atoms with Gasteiger partial charge in [0.15, 0.2) is 0 Å². The number of aryl methyl sites for hydroxylation is 1. The first kappa shape index (κ1) is 12.7. The van der Waals surface area contributed by atoms with Gasteiger partial charge in [-0.25, -0.2) is 8.78 Å². The first-order valence-corrected chi connectivity index (χ1v) is 5.75. The van der Waals surface area contributed by atoms with Crippen molar-refractivity contribution in [3.63, 3.8) is 0 Å². The minimum Gasteiger partial charge on any atom is -0.388 e. The normalized spacial score (nSPS) is 12.4. The highest BCUT2D eigenvalue weighted by molar-refractivity contribution is 5.28. The summed E-state index contributed by atoms with van der Waals surface area (Å²) in [7, 11) is 0. The van der Waals surface area contributed by atoms with E-state index in [4.69, 9.17) is 0 Å². The first-order valence-electron chi connectivity index (χ1n) is 5.75. The van der Waals surface area contributed by atoms with Crippen molar-refractivity contribution in [2.75, 3.05) is 0 Å². The first-order chi connectivity index (χ1) is 8.58. The Labute approximate surface area is 105 Å². The fourth-order valence-corrected chi connectivity index (χ4v) is 1.92. The van der Waals surface area contributed by atoms with Gasteiger partial charge in [-0.15, -0.1) is 0 Å². The third kappa shape index (κ3) is 2.74. The molecule has 0 fully saturated rings. The molecule has 2 aromatic rings. The van der Waals surface area contributed by atoms with Crippen LogP contribution in [0, 0.1) is 18.6 Å². The molecule has 1 atom stereocenters. The molecule has 0 amide bonds. The SMILES string of the molecule is Cc1cccc(C(O)Cc2cccc(F)c2)c1F. The Kier molecular flexibility index (Phi) is 3.72. The van der Waals surface area contributed by atoms with Crippen molar-refractivity contribution >= 4 is 0 Å². The van der Waals surface area contributed by atoms with Crippen LogP contribution < -0.4 is 0 Å². The Balaban J connectivity index is 2.22. The molecule has 2 aromatic carbocycles. The van der Waals surface area contributed by atoms with Crippen molar-refractivity contribution < 1.29 is 13.9 Å². The van der Waals surface area contributed by atoms with Gasteiger partial charge < -0.3 is 5.11 Å². The third-order valence-electron chi connectivity index (χ3n) is 2.90. The lowest BCUT2D eigenvalue weighted by atomic mass is 9.99. The molecule has 2 rings (SSSR count). The van der Waals surface area contributed by atoms with Crippen molar-refractivity contribution in [2.24, 2.45) is 0 Å². The Hall–Kier alpha value is -1.74. The topological polar surface area (TPSA) is 20.2 Å². The van der Waals surface area contributed by atoms with E-state index in [1.54, 1.807) is 37.3 Å². The van der Waals surface area contributed by atoms with Crippen molar-refractivity contribution in [1.29, 1.82) is 0 Å². The Morgan fingerprint density at radius 2 is 1.83 bits per heavy atom. The zero-order chi connectivity index (χ0) is 13.1. The number of halogens is 2. The number of hydrogen-bond donors (Lipinski definition) is 1. The van der Waals surface area contributed by atoms with Crippen LogP contribution in [0.2, 0.25) is 0 Å². The second-order valence-electron chi connectivity index (χ2n) is 4.33. The van der Waals surface area contributed by atoms with E-state index in [1.165, 1.54) is 12.1 Å². The number of rotatable bonds is 3. The van der Waals surface area contributed by atoms with Crippen molar-refractivity contribution in [3.8, 4) is 0 Å². The van der Waals surface area contributed by atoms with Crippen LogP contribution in [0.4, 0.5) is 8.78 Å². The van der Waals surface area contributed by atoms with Crippen LogP contribution in [-0.4, -0.2) is 5.11 Å². The van der Waals surface area contributed by atoms with Crippen LogP contribution in [0.5, 0.6) is 0 Å². The van der Waals surface area contributed by atoms with Gasteiger partial charge in [-0.1, -0.05) is 30.3 Å². The molecule has 0 aliphatic carbocycles. The molecule has 0 saturated carbocycles. The fraction of sp³-hybridized carbons (Fsp3) is 0.200. The van der Waals surface area contributed by atoms with Crippen molar-refractivity contribution in [3.05, 3.63) is 70.8 Å². The predicted octanol–water partition coefficient (Wildman–Crippen LogP) is 3.55. The molecular weight excluding hydrogens is 234 g/mol. The van der Waals surface area contributed by atoms with Crippen LogP contribution in [0.25, 0.3) is 0 Å². The standard InChI is InChI=1S/C15H14F2O/c1-10-4-2-7-13(15(10)17)14(18)9-11-5-3-6-12(16)8-11/h2-8,14,18H,9H2,1H3. The van der Waals surface area contributed by atoms with Crippen LogP contribution in [0.15, 0.2) is 42.5 Å². The summed E-state index contributed by atoms with van der Waals surface area (Å²) in [6.45, 7) is 1.65. The summed E-state index contributed by atoms with van der Waals surface area (Å²) in [6.07, 6.45) is -0.773. The fourth-order valence-electron chi connectivity index (χ4n) is 1.92. The Morgan fingerprint density at radius 1 is 1.11 bits per heavy atom. The van der Waals surface area contributed by atoms with E-state index in [1.807, 2.05) is 0 Å². The molecular formula is C15H14F2O. The van der Waals surface area contributed by atoms with E-state index in [9.17, 15) is 13.9 Å². The van der Waals surface area contributed by atoms with E-state index in [0.717, 1.165) is 0 Å². The smallest absolute Gasteiger partial charge is 0.131 e. The molecule has 0 heterocycles. The molecule has 94 valence electrons. The second-order valence-corrected chi connectivity index (χ2v) is 4.33. The molecule has 1 unspecified atom stereocenters. The monoisotopic (exact) mass is 248 g/mol. The molecule has 18 heavy (non-hydrogen) atoms. The Bertz CT molecular complexity index is 552. The van der Waals surface area contributed by atoms with Crippen LogP contribution in [0.3, 0.4) is 0 Å². The minimum absolute atomic E-state index is 0.193. The summed E-state index contributed by atoms with van der Waals surface area (Å²) in [4.78, 5) is 0. The van der Waals surface area contributed by atoms with Gasteiger partial charge in [0, 0.05) is 12.0 Å². The van der Waals surface area contributed by atoms with Crippen molar-refractivity contribution in [1.82, 2.24) is 0 Å². The van der Waals surface area contributed by atoms with E-state index in [-0.39, 0.29) is 17.8 Å². The molecule has 0 radical (unpaired) electrons. The van der Waals surface area contributed by atoms with Gasteiger partial charge in [-0.2, -0.15) is 0 Å². The van der Waals surface area contributed by atoms with E-state index < -0.39 is 11.9 Å². The van der Waals surface area contributed by atoms with E-state index in [2.05, 4.69) is 0 Å². The summed E-state index contributed by atoms with van der Waals surface area (Å²) in [6, 6.07) is 10.9.